The van der Waals surface area contributed by atoms with Crippen LogP contribution in [0.3, 0.4) is 0 Å². The average Bonchev–Trinajstić information content (AvgIpc) is 2.44. The van der Waals surface area contributed by atoms with E-state index < -0.39 is 15.1 Å². The minimum atomic E-state index is -3.31. The van der Waals surface area contributed by atoms with Gasteiger partial charge in [-0.1, -0.05) is 19.0 Å². The molecule has 0 amide bonds. The number of nitrogens with zero attached hydrogens (tertiary/aromatic N) is 1. The van der Waals surface area contributed by atoms with Crippen LogP contribution in [-0.4, -0.2) is 37.4 Å². The largest absolute Gasteiger partial charge is 0.497 e. The lowest BCUT2D eigenvalue weighted by molar-refractivity contribution is 0.318. The SMILES string of the molecule is CC[C@H](/C(=N\O)c1ccc(OC)cc1)S(=O)(=O)CC. The van der Waals surface area contributed by atoms with Gasteiger partial charge in [0.15, 0.2) is 9.84 Å². The van der Waals surface area contributed by atoms with E-state index >= 15 is 0 Å². The van der Waals surface area contributed by atoms with Crippen LogP contribution in [0.1, 0.15) is 25.8 Å². The molecule has 0 unspecified atom stereocenters. The minimum Gasteiger partial charge on any atom is -0.497 e. The van der Waals surface area contributed by atoms with Crippen molar-refractivity contribution in [2.75, 3.05) is 12.9 Å². The highest BCUT2D eigenvalue weighted by Gasteiger charge is 2.28. The van der Waals surface area contributed by atoms with Gasteiger partial charge in [-0.05, 0) is 30.7 Å². The predicted octanol–water partition coefficient (Wildman–Crippen LogP) is 2.09. The van der Waals surface area contributed by atoms with Crippen LogP contribution in [0.5, 0.6) is 5.75 Å². The molecule has 0 heterocycles. The van der Waals surface area contributed by atoms with Crippen molar-refractivity contribution in [3.8, 4) is 5.75 Å². The Morgan fingerprint density at radius 3 is 2.26 bits per heavy atom. The molecule has 1 N–H and O–H groups in total. The molecule has 0 radical (unpaired) electrons. The Bertz CT molecular complexity index is 534. The van der Waals surface area contributed by atoms with Crippen molar-refractivity contribution in [3.05, 3.63) is 29.8 Å². The number of ether oxygens (including phenoxy) is 1. The van der Waals surface area contributed by atoms with E-state index in [1.165, 1.54) is 0 Å². The van der Waals surface area contributed by atoms with Gasteiger partial charge < -0.3 is 9.94 Å². The molecule has 0 saturated heterocycles. The van der Waals surface area contributed by atoms with E-state index in [4.69, 9.17) is 9.94 Å². The first-order valence-electron chi connectivity index (χ1n) is 6.08. The maximum Gasteiger partial charge on any atom is 0.158 e. The summed E-state index contributed by atoms with van der Waals surface area (Å²) in [6, 6.07) is 6.76. The molecule has 5 nitrogen and oxygen atoms in total. The average molecular weight is 285 g/mol. The molecule has 0 saturated carbocycles. The third-order valence-electron chi connectivity index (χ3n) is 3.01. The topological polar surface area (TPSA) is 76.0 Å². The van der Waals surface area contributed by atoms with Gasteiger partial charge in [-0.25, -0.2) is 8.42 Å². The van der Waals surface area contributed by atoms with Crippen LogP contribution in [0, 0.1) is 0 Å². The van der Waals surface area contributed by atoms with Crippen molar-refractivity contribution < 1.29 is 18.4 Å². The van der Waals surface area contributed by atoms with Crippen LogP contribution in [0.15, 0.2) is 29.4 Å². The maximum atomic E-state index is 12.0. The summed E-state index contributed by atoms with van der Waals surface area (Å²) in [6.07, 6.45) is 0.363. The molecular weight excluding hydrogens is 266 g/mol. The molecule has 0 aliphatic rings. The van der Waals surface area contributed by atoms with Crippen molar-refractivity contribution in [1.82, 2.24) is 0 Å². The molecule has 1 aromatic carbocycles. The zero-order valence-electron chi connectivity index (χ0n) is 11.3. The molecule has 0 bridgehead atoms. The van der Waals surface area contributed by atoms with Crippen LogP contribution in [0.2, 0.25) is 0 Å². The quantitative estimate of drug-likeness (QED) is 0.493. The molecule has 0 spiro atoms. The Balaban J connectivity index is 3.19. The van der Waals surface area contributed by atoms with Crippen molar-refractivity contribution in [1.29, 1.82) is 0 Å². The summed E-state index contributed by atoms with van der Waals surface area (Å²) in [5, 5.41) is 11.6. The molecule has 6 heteroatoms. The van der Waals surface area contributed by atoms with Gasteiger partial charge in [-0.3, -0.25) is 0 Å². The highest BCUT2D eigenvalue weighted by atomic mass is 32.2. The van der Waals surface area contributed by atoms with E-state index in [1.54, 1.807) is 45.2 Å². The first-order valence-corrected chi connectivity index (χ1v) is 7.79. The van der Waals surface area contributed by atoms with Crippen molar-refractivity contribution >= 4 is 15.5 Å². The summed E-state index contributed by atoms with van der Waals surface area (Å²) >= 11 is 0. The zero-order valence-corrected chi connectivity index (χ0v) is 12.1. The second-order valence-electron chi connectivity index (χ2n) is 4.06. The van der Waals surface area contributed by atoms with Crippen LogP contribution in [0.25, 0.3) is 0 Å². The molecule has 0 aliphatic heterocycles. The Labute approximate surface area is 113 Å². The molecule has 19 heavy (non-hydrogen) atoms. The Kier molecular flexibility index (Phi) is 5.35. The summed E-state index contributed by atoms with van der Waals surface area (Å²) in [6.45, 7) is 3.34. The zero-order chi connectivity index (χ0) is 14.5. The number of benzene rings is 1. The second-order valence-corrected chi connectivity index (χ2v) is 6.53. The molecule has 0 aliphatic carbocycles. The highest BCUT2D eigenvalue weighted by Crippen LogP contribution is 2.18. The second kappa shape index (κ2) is 6.56. The molecule has 0 aromatic heterocycles. The Morgan fingerprint density at radius 1 is 1.32 bits per heavy atom. The Hall–Kier alpha value is -1.56. The third kappa shape index (κ3) is 3.47. The molecule has 0 fully saturated rings. The van der Waals surface area contributed by atoms with Gasteiger partial charge in [0.25, 0.3) is 0 Å². The van der Waals surface area contributed by atoms with Crippen LogP contribution < -0.4 is 4.74 Å². The number of rotatable bonds is 6. The first-order chi connectivity index (χ1) is 9.00. The van der Waals surface area contributed by atoms with E-state index in [-0.39, 0.29) is 11.5 Å². The molecule has 1 rings (SSSR count). The van der Waals surface area contributed by atoms with Crippen LogP contribution >= 0.6 is 0 Å². The standard InChI is InChI=1S/C13H19NO4S/c1-4-12(19(16,17)5-2)13(14-15)10-6-8-11(18-3)9-7-10/h6-9,12,15H,4-5H2,1-3H3/b14-13-/t12-/m1/s1. The number of hydrogen-bond acceptors (Lipinski definition) is 5. The summed E-state index contributed by atoms with van der Waals surface area (Å²) < 4.78 is 29.1. The van der Waals surface area contributed by atoms with Gasteiger partial charge in [0.05, 0.1) is 7.11 Å². The van der Waals surface area contributed by atoms with E-state index in [1.807, 2.05) is 0 Å². The van der Waals surface area contributed by atoms with E-state index in [2.05, 4.69) is 5.16 Å². The first kappa shape index (κ1) is 15.5. The molecule has 1 atom stereocenters. The smallest absolute Gasteiger partial charge is 0.158 e. The summed E-state index contributed by atoms with van der Waals surface area (Å²) in [5.41, 5.74) is 0.749. The van der Waals surface area contributed by atoms with E-state index in [9.17, 15) is 8.42 Å². The lowest BCUT2D eigenvalue weighted by Gasteiger charge is -2.16. The molecular formula is C13H19NO4S. The maximum absolute atomic E-state index is 12.0. The fraction of sp³-hybridized carbons (Fsp3) is 0.462. The number of oxime groups is 1. The monoisotopic (exact) mass is 285 g/mol. The van der Waals surface area contributed by atoms with Gasteiger partial charge >= 0.3 is 0 Å². The highest BCUT2D eigenvalue weighted by molar-refractivity contribution is 7.92. The molecule has 1 aromatic rings. The summed E-state index contributed by atoms with van der Waals surface area (Å²) in [4.78, 5) is 0. The fourth-order valence-corrected chi connectivity index (χ4v) is 3.32. The van der Waals surface area contributed by atoms with E-state index in [0.717, 1.165) is 0 Å². The van der Waals surface area contributed by atoms with Gasteiger partial charge in [-0.2, -0.15) is 0 Å². The third-order valence-corrected chi connectivity index (χ3v) is 5.23. The van der Waals surface area contributed by atoms with Gasteiger partial charge in [0, 0.05) is 11.3 Å². The minimum absolute atomic E-state index is 0.0146. The predicted molar refractivity (Wildman–Crippen MR) is 74.9 cm³/mol. The summed E-state index contributed by atoms with van der Waals surface area (Å²) in [5.74, 6) is 0.674. The lowest BCUT2D eigenvalue weighted by atomic mass is 10.1. The van der Waals surface area contributed by atoms with Crippen molar-refractivity contribution in [3.63, 3.8) is 0 Å². The number of methoxy groups -OCH3 is 1. The number of sulfone groups is 1. The molecule has 106 valence electrons. The van der Waals surface area contributed by atoms with Crippen LogP contribution in [0.4, 0.5) is 0 Å². The van der Waals surface area contributed by atoms with Gasteiger partial charge in [0.2, 0.25) is 0 Å². The van der Waals surface area contributed by atoms with E-state index in [0.29, 0.717) is 17.7 Å². The van der Waals surface area contributed by atoms with Crippen LogP contribution in [-0.2, 0) is 9.84 Å². The van der Waals surface area contributed by atoms with Crippen molar-refractivity contribution in [2.45, 2.75) is 25.5 Å². The van der Waals surface area contributed by atoms with Crippen molar-refractivity contribution in [2.24, 2.45) is 5.16 Å². The Morgan fingerprint density at radius 2 is 1.89 bits per heavy atom. The lowest BCUT2D eigenvalue weighted by Crippen LogP contribution is -2.31. The fourth-order valence-electron chi connectivity index (χ4n) is 1.89. The van der Waals surface area contributed by atoms with Gasteiger partial charge in [0.1, 0.15) is 16.7 Å². The number of hydrogen-bond donors (Lipinski definition) is 1. The summed E-state index contributed by atoms with van der Waals surface area (Å²) in [7, 11) is -1.76. The van der Waals surface area contributed by atoms with Gasteiger partial charge in [-0.15, -0.1) is 0 Å². The normalized spacial score (nSPS) is 14.2.